The highest BCUT2D eigenvalue weighted by Gasteiger charge is 2.23. The summed E-state index contributed by atoms with van der Waals surface area (Å²) < 4.78 is 28.2. The summed E-state index contributed by atoms with van der Waals surface area (Å²) in [6, 6.07) is 12.8. The van der Waals surface area contributed by atoms with Crippen LogP contribution in [-0.2, 0) is 14.8 Å². The Hall–Kier alpha value is -2.83. The van der Waals surface area contributed by atoms with Crippen LogP contribution in [0.15, 0.2) is 53.4 Å². The van der Waals surface area contributed by atoms with Gasteiger partial charge in [-0.2, -0.15) is 0 Å². The summed E-state index contributed by atoms with van der Waals surface area (Å²) >= 11 is 0. The number of nitrogens with one attached hydrogen (secondary N) is 2. The zero-order valence-electron chi connectivity index (χ0n) is 22.1. The molecule has 3 N–H and O–H groups in total. The molecule has 1 saturated heterocycles. The number of hydrogen-bond acceptors (Lipinski definition) is 7. The second-order valence-corrected chi connectivity index (χ2v) is 10.8. The second kappa shape index (κ2) is 15.2. The van der Waals surface area contributed by atoms with Gasteiger partial charge < -0.3 is 15.3 Å². The molecule has 0 radical (unpaired) electrons. The van der Waals surface area contributed by atoms with Crippen LogP contribution in [0.5, 0.6) is 0 Å². The molecule has 1 aliphatic rings. The lowest BCUT2D eigenvalue weighted by atomic mass is 10.1. The van der Waals surface area contributed by atoms with Crippen LogP contribution >= 0.6 is 37.2 Å². The zero-order valence-corrected chi connectivity index (χ0v) is 25.4. The summed E-state index contributed by atoms with van der Waals surface area (Å²) in [4.78, 5) is 33.0. The van der Waals surface area contributed by atoms with Crippen molar-refractivity contribution in [3.63, 3.8) is 0 Å². The van der Waals surface area contributed by atoms with Gasteiger partial charge in [-0.25, -0.2) is 18.2 Å². The molecule has 0 bridgehead atoms. The van der Waals surface area contributed by atoms with Crippen LogP contribution in [0.25, 0.3) is 10.9 Å². The van der Waals surface area contributed by atoms with Crippen molar-refractivity contribution in [3.05, 3.63) is 59.7 Å². The number of amides is 1. The summed E-state index contributed by atoms with van der Waals surface area (Å²) in [6.45, 7) is 7.32. The van der Waals surface area contributed by atoms with Crippen molar-refractivity contribution in [3.8, 4) is 0 Å². The maximum atomic E-state index is 12.8. The minimum Gasteiger partial charge on any atom is -0.478 e. The molecule has 4 rings (SSSR count). The highest BCUT2D eigenvalue weighted by Crippen LogP contribution is 2.28. The Kier molecular flexibility index (Phi) is 13.4. The van der Waals surface area contributed by atoms with Crippen molar-refractivity contribution in [2.24, 2.45) is 0 Å². The number of aromatic nitrogens is 1. The van der Waals surface area contributed by atoms with Crippen molar-refractivity contribution in [1.29, 1.82) is 0 Å². The van der Waals surface area contributed by atoms with Crippen LogP contribution < -0.4 is 14.9 Å². The van der Waals surface area contributed by atoms with Gasteiger partial charge in [-0.15, -0.1) is 37.2 Å². The van der Waals surface area contributed by atoms with E-state index in [9.17, 15) is 23.1 Å². The van der Waals surface area contributed by atoms with Crippen LogP contribution in [0, 0.1) is 6.92 Å². The van der Waals surface area contributed by atoms with E-state index in [2.05, 4.69) is 19.9 Å². The van der Waals surface area contributed by atoms with Gasteiger partial charge in [0.05, 0.1) is 22.5 Å². The molecule has 40 heavy (non-hydrogen) atoms. The van der Waals surface area contributed by atoms with Crippen LogP contribution in [0.1, 0.15) is 29.3 Å². The first-order valence-corrected chi connectivity index (χ1v) is 13.7. The molecule has 1 aliphatic heterocycles. The second-order valence-electron chi connectivity index (χ2n) is 9.10. The number of rotatable bonds is 9. The Morgan fingerprint density at radius 3 is 2.33 bits per heavy atom. The maximum Gasteiger partial charge on any atom is 0.336 e. The fraction of sp³-hybridized carbons (Fsp3) is 0.346. The van der Waals surface area contributed by atoms with E-state index >= 15 is 0 Å². The average molecular weight is 635 g/mol. The lowest BCUT2D eigenvalue weighted by Gasteiger charge is -2.35. The monoisotopic (exact) mass is 633 g/mol. The van der Waals surface area contributed by atoms with E-state index in [1.807, 2.05) is 24.8 Å². The SMILES string of the molecule is CCCNC(=O)CN1CCN(c2cc(C(=O)O)c3cc(NS(=O)(=O)c4cccc(C)c4)ccc3n2)CC1.Cl.Cl.Cl. The first-order chi connectivity index (χ1) is 17.7. The number of anilines is 2. The van der Waals surface area contributed by atoms with Gasteiger partial charge in [0.2, 0.25) is 5.91 Å². The number of piperazine rings is 1. The van der Waals surface area contributed by atoms with Gasteiger partial charge in [-0.3, -0.25) is 14.4 Å². The first kappa shape index (κ1) is 35.2. The Bertz CT molecular complexity index is 1430. The van der Waals surface area contributed by atoms with Gasteiger partial charge in [0.1, 0.15) is 5.82 Å². The van der Waals surface area contributed by atoms with Crippen molar-refractivity contribution >= 4 is 81.5 Å². The summed E-state index contributed by atoms with van der Waals surface area (Å²) in [5, 5.41) is 13.1. The number of aromatic carboxylic acids is 1. The van der Waals surface area contributed by atoms with Gasteiger partial charge in [0.25, 0.3) is 10.0 Å². The van der Waals surface area contributed by atoms with Crippen molar-refractivity contribution in [1.82, 2.24) is 15.2 Å². The van der Waals surface area contributed by atoms with E-state index in [0.717, 1.165) is 12.0 Å². The van der Waals surface area contributed by atoms with Crippen molar-refractivity contribution in [2.75, 3.05) is 48.9 Å². The molecule has 1 amide bonds. The van der Waals surface area contributed by atoms with E-state index in [0.29, 0.717) is 56.0 Å². The van der Waals surface area contributed by atoms with Crippen LogP contribution in [0.4, 0.5) is 11.5 Å². The average Bonchev–Trinajstić information content (AvgIpc) is 2.87. The number of benzene rings is 2. The Labute approximate surface area is 252 Å². The van der Waals surface area contributed by atoms with E-state index in [-0.39, 0.29) is 59.3 Å². The maximum absolute atomic E-state index is 12.8. The highest BCUT2D eigenvalue weighted by molar-refractivity contribution is 7.92. The summed E-state index contributed by atoms with van der Waals surface area (Å²) in [6.07, 6.45) is 0.888. The summed E-state index contributed by atoms with van der Waals surface area (Å²) in [5.74, 6) is -0.590. The molecule has 0 spiro atoms. The third-order valence-corrected chi connectivity index (χ3v) is 7.59. The molecule has 1 fully saturated rings. The number of carbonyl (C=O) groups is 2. The largest absolute Gasteiger partial charge is 0.478 e. The number of pyridine rings is 1. The third-order valence-electron chi connectivity index (χ3n) is 6.21. The number of carbonyl (C=O) groups excluding carboxylic acids is 1. The van der Waals surface area contributed by atoms with Crippen LogP contribution in [0.2, 0.25) is 0 Å². The fourth-order valence-electron chi connectivity index (χ4n) is 4.27. The Balaban J connectivity index is 0.00000267. The predicted octanol–water partition coefficient (Wildman–Crippen LogP) is 3.96. The molecule has 2 aromatic carbocycles. The van der Waals surface area contributed by atoms with Crippen molar-refractivity contribution < 1.29 is 23.1 Å². The van der Waals surface area contributed by atoms with Crippen molar-refractivity contribution in [2.45, 2.75) is 25.2 Å². The topological polar surface area (TPSA) is 132 Å². The lowest BCUT2D eigenvalue weighted by Crippen LogP contribution is -2.49. The molecule has 10 nitrogen and oxygen atoms in total. The fourth-order valence-corrected chi connectivity index (χ4v) is 5.42. The number of nitrogens with zero attached hydrogens (tertiary/aromatic N) is 3. The van der Waals surface area contributed by atoms with Gasteiger partial charge in [0.15, 0.2) is 0 Å². The quantitative estimate of drug-likeness (QED) is 0.322. The van der Waals surface area contributed by atoms with E-state index in [1.165, 1.54) is 18.2 Å². The van der Waals surface area contributed by atoms with E-state index in [1.54, 1.807) is 24.3 Å². The number of aryl methyl sites for hydroxylation is 1. The molecular formula is C26H34Cl3N5O5S. The molecule has 220 valence electrons. The number of carboxylic acids is 1. The number of sulfonamides is 1. The molecule has 0 unspecified atom stereocenters. The molecule has 0 aliphatic carbocycles. The first-order valence-electron chi connectivity index (χ1n) is 12.2. The normalized spacial score (nSPS) is 13.4. The summed E-state index contributed by atoms with van der Waals surface area (Å²) in [7, 11) is -3.84. The van der Waals surface area contributed by atoms with Crippen LogP contribution in [0.3, 0.4) is 0 Å². The van der Waals surface area contributed by atoms with Gasteiger partial charge in [-0.1, -0.05) is 19.1 Å². The number of carboxylic acid groups (broad SMARTS) is 1. The molecule has 0 atom stereocenters. The Morgan fingerprint density at radius 2 is 1.70 bits per heavy atom. The molecule has 3 aromatic rings. The van der Waals surface area contributed by atoms with Gasteiger partial charge in [0, 0.05) is 43.8 Å². The van der Waals surface area contributed by atoms with Gasteiger partial charge in [-0.05, 0) is 55.3 Å². The molecule has 2 heterocycles. The molecule has 14 heteroatoms. The number of fused-ring (bicyclic) bond motifs is 1. The zero-order chi connectivity index (χ0) is 26.6. The van der Waals surface area contributed by atoms with E-state index < -0.39 is 16.0 Å². The predicted molar refractivity (Wildman–Crippen MR) is 164 cm³/mol. The lowest BCUT2D eigenvalue weighted by molar-refractivity contribution is -0.122. The summed E-state index contributed by atoms with van der Waals surface area (Å²) in [5.41, 5.74) is 1.56. The van der Waals surface area contributed by atoms with Gasteiger partial charge >= 0.3 is 5.97 Å². The van der Waals surface area contributed by atoms with Crippen LogP contribution in [-0.4, -0.2) is 74.6 Å². The third kappa shape index (κ3) is 8.58. The minimum absolute atomic E-state index is 0. The Morgan fingerprint density at radius 1 is 1.00 bits per heavy atom. The minimum atomic E-state index is -3.84. The smallest absolute Gasteiger partial charge is 0.336 e. The standard InChI is InChI=1S/C26H31N5O5S.3ClH/c1-3-9-27-25(32)17-30-10-12-31(13-11-30)24-16-22(26(33)34)21-15-19(7-8-23(21)28-24)29-37(35,36)20-6-4-5-18(2)14-20;;;/h4-8,14-16,29H,3,9-13,17H2,1-2H3,(H,27,32)(H,33,34);3*1H. The number of halogens is 3. The van der Waals surface area contributed by atoms with E-state index in [4.69, 9.17) is 0 Å². The number of hydrogen-bond donors (Lipinski definition) is 3. The molecule has 0 saturated carbocycles. The molecular weight excluding hydrogens is 601 g/mol. The highest BCUT2D eigenvalue weighted by atomic mass is 35.5. The molecule has 1 aromatic heterocycles.